The first kappa shape index (κ1) is 12.0. The van der Waals surface area contributed by atoms with Gasteiger partial charge in [-0.1, -0.05) is 24.7 Å². The van der Waals surface area contributed by atoms with Gasteiger partial charge in [-0.3, -0.25) is 4.79 Å². The molecule has 0 fully saturated rings. The molecule has 1 aromatic heterocycles. The minimum atomic E-state index is 0.0233. The summed E-state index contributed by atoms with van der Waals surface area (Å²) >= 11 is 1.26. The summed E-state index contributed by atoms with van der Waals surface area (Å²) in [6.45, 7) is 4.70. The minimum Gasteiger partial charge on any atom is -0.375 e. The van der Waals surface area contributed by atoms with Crippen LogP contribution in [0.15, 0.2) is 0 Å². The van der Waals surface area contributed by atoms with E-state index in [1.54, 1.807) is 4.90 Å². The predicted octanol–water partition coefficient (Wildman–Crippen LogP) is 1.91. The minimum absolute atomic E-state index is 0.0233. The summed E-state index contributed by atoms with van der Waals surface area (Å²) in [6, 6.07) is 0. The highest BCUT2D eigenvalue weighted by Gasteiger charge is 2.17. The van der Waals surface area contributed by atoms with Crippen LogP contribution in [-0.2, 0) is 0 Å². The van der Waals surface area contributed by atoms with E-state index in [1.165, 1.54) is 11.3 Å². The molecular formula is C10H17N3OS. The summed E-state index contributed by atoms with van der Waals surface area (Å²) in [7, 11) is 1.81. The number of amides is 1. The fourth-order valence-electron chi connectivity index (χ4n) is 1.29. The number of hydrogen-bond acceptors (Lipinski definition) is 4. The zero-order valence-electron chi connectivity index (χ0n) is 9.41. The number of aromatic nitrogens is 1. The quantitative estimate of drug-likeness (QED) is 0.854. The van der Waals surface area contributed by atoms with Crippen molar-refractivity contribution in [2.75, 3.05) is 19.3 Å². The van der Waals surface area contributed by atoms with Gasteiger partial charge in [-0.2, -0.15) is 0 Å². The molecule has 0 saturated heterocycles. The zero-order valence-corrected chi connectivity index (χ0v) is 10.2. The van der Waals surface area contributed by atoms with E-state index >= 15 is 0 Å². The molecule has 0 aliphatic rings. The van der Waals surface area contributed by atoms with Crippen LogP contribution in [0.25, 0.3) is 0 Å². The molecule has 5 heteroatoms. The van der Waals surface area contributed by atoms with Gasteiger partial charge in [0.2, 0.25) is 0 Å². The molecule has 84 valence electrons. The number of thiazole rings is 1. The van der Waals surface area contributed by atoms with Crippen LogP contribution < -0.4 is 5.73 Å². The Balaban J connectivity index is 2.71. The lowest BCUT2D eigenvalue weighted by molar-refractivity contribution is 0.0797. The van der Waals surface area contributed by atoms with Crippen LogP contribution in [0, 0.1) is 6.92 Å². The first-order valence-electron chi connectivity index (χ1n) is 5.04. The second-order valence-corrected chi connectivity index (χ2v) is 4.58. The average molecular weight is 227 g/mol. The third-order valence-corrected chi connectivity index (χ3v) is 3.18. The molecule has 0 unspecified atom stereocenters. The van der Waals surface area contributed by atoms with Crippen LogP contribution in [0.3, 0.4) is 0 Å². The smallest absolute Gasteiger partial charge is 0.265 e. The number of carbonyl (C=O) groups is 1. The Kier molecular flexibility index (Phi) is 4.08. The number of nitrogen functional groups attached to an aromatic ring is 1. The first-order valence-corrected chi connectivity index (χ1v) is 5.86. The third kappa shape index (κ3) is 2.92. The maximum Gasteiger partial charge on any atom is 0.265 e. The highest BCUT2D eigenvalue weighted by molar-refractivity contribution is 7.17. The SMILES string of the molecule is CCCCN(C)C(=O)c1sc(N)nc1C. The molecule has 1 aromatic rings. The number of nitrogens with zero attached hydrogens (tertiary/aromatic N) is 2. The molecule has 1 heterocycles. The van der Waals surface area contributed by atoms with E-state index in [9.17, 15) is 4.79 Å². The van der Waals surface area contributed by atoms with Crippen molar-refractivity contribution in [3.05, 3.63) is 10.6 Å². The summed E-state index contributed by atoms with van der Waals surface area (Å²) < 4.78 is 0. The number of hydrogen-bond donors (Lipinski definition) is 1. The maximum atomic E-state index is 11.9. The van der Waals surface area contributed by atoms with Crippen molar-refractivity contribution in [3.8, 4) is 0 Å². The van der Waals surface area contributed by atoms with E-state index in [4.69, 9.17) is 5.73 Å². The standard InChI is InChI=1S/C10H17N3OS/c1-4-5-6-13(3)9(14)8-7(2)12-10(11)15-8/h4-6H2,1-3H3,(H2,11,12). The van der Waals surface area contributed by atoms with Crippen molar-refractivity contribution < 1.29 is 4.79 Å². The molecule has 0 aliphatic heterocycles. The van der Waals surface area contributed by atoms with Crippen LogP contribution in [0.4, 0.5) is 5.13 Å². The number of unbranched alkanes of at least 4 members (excludes halogenated alkanes) is 1. The summed E-state index contributed by atoms with van der Waals surface area (Å²) in [5.41, 5.74) is 6.28. The molecule has 1 rings (SSSR count). The molecular weight excluding hydrogens is 210 g/mol. The Labute approximate surface area is 94.1 Å². The number of rotatable bonds is 4. The summed E-state index contributed by atoms with van der Waals surface area (Å²) in [4.78, 5) is 18.4. The number of aryl methyl sites for hydroxylation is 1. The number of anilines is 1. The summed E-state index contributed by atoms with van der Waals surface area (Å²) in [5.74, 6) is 0.0233. The second-order valence-electron chi connectivity index (χ2n) is 3.55. The lowest BCUT2D eigenvalue weighted by Crippen LogP contribution is -2.27. The van der Waals surface area contributed by atoms with Crippen molar-refractivity contribution >= 4 is 22.4 Å². The lowest BCUT2D eigenvalue weighted by atomic mass is 10.3. The maximum absolute atomic E-state index is 11.9. The molecule has 2 N–H and O–H groups in total. The van der Waals surface area contributed by atoms with Gasteiger partial charge in [-0.05, 0) is 13.3 Å². The molecule has 0 radical (unpaired) electrons. The molecule has 4 nitrogen and oxygen atoms in total. The van der Waals surface area contributed by atoms with Gasteiger partial charge < -0.3 is 10.6 Å². The Morgan fingerprint density at radius 1 is 1.60 bits per heavy atom. The van der Waals surface area contributed by atoms with Gasteiger partial charge in [-0.25, -0.2) is 4.98 Å². The molecule has 1 amide bonds. The monoisotopic (exact) mass is 227 g/mol. The largest absolute Gasteiger partial charge is 0.375 e. The molecule has 0 aliphatic carbocycles. The average Bonchev–Trinajstić information content (AvgIpc) is 2.53. The topological polar surface area (TPSA) is 59.2 Å². The molecule has 0 aromatic carbocycles. The number of nitrogens with two attached hydrogens (primary N) is 1. The third-order valence-electron chi connectivity index (χ3n) is 2.20. The van der Waals surface area contributed by atoms with E-state index in [1.807, 2.05) is 14.0 Å². The van der Waals surface area contributed by atoms with Gasteiger partial charge in [0.05, 0.1) is 5.69 Å². The van der Waals surface area contributed by atoms with Crippen molar-refractivity contribution in [1.29, 1.82) is 0 Å². The fraction of sp³-hybridized carbons (Fsp3) is 0.600. The van der Waals surface area contributed by atoms with Gasteiger partial charge in [-0.15, -0.1) is 0 Å². The van der Waals surface area contributed by atoms with Crippen LogP contribution in [0.5, 0.6) is 0 Å². The molecule has 0 spiro atoms. The number of carbonyl (C=O) groups excluding carboxylic acids is 1. The van der Waals surface area contributed by atoms with Crippen LogP contribution in [-0.4, -0.2) is 29.4 Å². The first-order chi connectivity index (χ1) is 7.06. The zero-order chi connectivity index (χ0) is 11.4. The van der Waals surface area contributed by atoms with Gasteiger partial charge in [0.15, 0.2) is 5.13 Å². The van der Waals surface area contributed by atoms with Crippen LogP contribution in [0.2, 0.25) is 0 Å². The highest BCUT2D eigenvalue weighted by atomic mass is 32.1. The van der Waals surface area contributed by atoms with Crippen molar-refractivity contribution in [1.82, 2.24) is 9.88 Å². The molecule has 15 heavy (non-hydrogen) atoms. The molecule has 0 bridgehead atoms. The Bertz CT molecular complexity index is 348. The van der Waals surface area contributed by atoms with Gasteiger partial charge in [0.1, 0.15) is 4.88 Å². The Morgan fingerprint density at radius 3 is 2.73 bits per heavy atom. The van der Waals surface area contributed by atoms with E-state index in [0.29, 0.717) is 10.0 Å². The molecule has 0 saturated carbocycles. The Morgan fingerprint density at radius 2 is 2.27 bits per heavy atom. The summed E-state index contributed by atoms with van der Waals surface area (Å²) in [6.07, 6.45) is 2.11. The van der Waals surface area contributed by atoms with Gasteiger partial charge >= 0.3 is 0 Å². The fourth-order valence-corrected chi connectivity index (χ4v) is 2.11. The lowest BCUT2D eigenvalue weighted by Gasteiger charge is -2.15. The van der Waals surface area contributed by atoms with E-state index in [2.05, 4.69) is 11.9 Å². The Hall–Kier alpha value is -1.10. The predicted molar refractivity (Wildman–Crippen MR) is 63.1 cm³/mol. The van der Waals surface area contributed by atoms with E-state index in [0.717, 1.165) is 25.1 Å². The van der Waals surface area contributed by atoms with Crippen molar-refractivity contribution in [3.63, 3.8) is 0 Å². The van der Waals surface area contributed by atoms with Crippen molar-refractivity contribution in [2.45, 2.75) is 26.7 Å². The van der Waals surface area contributed by atoms with E-state index < -0.39 is 0 Å². The van der Waals surface area contributed by atoms with Crippen LogP contribution in [0.1, 0.15) is 35.1 Å². The molecule has 0 atom stereocenters. The van der Waals surface area contributed by atoms with E-state index in [-0.39, 0.29) is 5.91 Å². The van der Waals surface area contributed by atoms with Crippen molar-refractivity contribution in [2.24, 2.45) is 0 Å². The summed E-state index contributed by atoms with van der Waals surface area (Å²) in [5, 5.41) is 0.458. The second kappa shape index (κ2) is 5.11. The van der Waals surface area contributed by atoms with Crippen LogP contribution >= 0.6 is 11.3 Å². The normalized spacial score (nSPS) is 10.3. The van der Waals surface area contributed by atoms with Gasteiger partial charge in [0, 0.05) is 13.6 Å². The highest BCUT2D eigenvalue weighted by Crippen LogP contribution is 2.21. The van der Waals surface area contributed by atoms with Gasteiger partial charge in [0.25, 0.3) is 5.91 Å².